The van der Waals surface area contributed by atoms with Crippen LogP contribution >= 0.6 is 11.6 Å². The normalized spacial score (nSPS) is 11.6. The first-order valence-corrected chi connectivity index (χ1v) is 8.80. The molecule has 2 aromatic rings. The number of rotatable bonds is 7. The standard InChI is InChI=1S/C19H20ClN3O5/c1-11(2)17(19(25)21-12-5-4-6-14(9-12)28-3)22-18(24)15-8-7-13(23(26)27)10-16(15)20/h4-11,17H,1-3H3,(H,21,25)(H,22,24). The first-order valence-electron chi connectivity index (χ1n) is 8.42. The zero-order valence-electron chi connectivity index (χ0n) is 15.6. The summed E-state index contributed by atoms with van der Waals surface area (Å²) in [7, 11) is 1.52. The third-order valence-electron chi connectivity index (χ3n) is 3.98. The highest BCUT2D eigenvalue weighted by atomic mass is 35.5. The van der Waals surface area contributed by atoms with Crippen molar-refractivity contribution in [2.24, 2.45) is 5.92 Å². The summed E-state index contributed by atoms with van der Waals surface area (Å²) in [5.41, 5.74) is 0.349. The second-order valence-electron chi connectivity index (χ2n) is 6.34. The van der Waals surface area contributed by atoms with E-state index in [0.717, 1.165) is 6.07 Å². The number of nitro groups is 1. The van der Waals surface area contributed by atoms with Gasteiger partial charge in [0.25, 0.3) is 11.6 Å². The van der Waals surface area contributed by atoms with Crippen molar-refractivity contribution in [3.05, 3.63) is 63.2 Å². The van der Waals surface area contributed by atoms with Gasteiger partial charge in [-0.05, 0) is 24.1 Å². The molecule has 2 amide bonds. The number of nitrogens with one attached hydrogen (secondary N) is 2. The van der Waals surface area contributed by atoms with E-state index in [4.69, 9.17) is 16.3 Å². The fraction of sp³-hybridized carbons (Fsp3) is 0.263. The Labute approximate surface area is 167 Å². The average Bonchev–Trinajstić information content (AvgIpc) is 2.65. The number of benzene rings is 2. The summed E-state index contributed by atoms with van der Waals surface area (Å²) in [5, 5.41) is 16.1. The number of halogens is 1. The van der Waals surface area contributed by atoms with Crippen molar-refractivity contribution in [1.29, 1.82) is 0 Å². The zero-order chi connectivity index (χ0) is 20.8. The number of carbonyl (C=O) groups is 2. The molecule has 0 aromatic heterocycles. The number of anilines is 1. The fourth-order valence-electron chi connectivity index (χ4n) is 2.48. The quantitative estimate of drug-likeness (QED) is 0.539. The van der Waals surface area contributed by atoms with Crippen LogP contribution in [0.2, 0.25) is 5.02 Å². The Morgan fingerprint density at radius 3 is 2.46 bits per heavy atom. The molecule has 0 radical (unpaired) electrons. The van der Waals surface area contributed by atoms with E-state index >= 15 is 0 Å². The Balaban J connectivity index is 2.16. The van der Waals surface area contributed by atoms with Gasteiger partial charge in [0.1, 0.15) is 11.8 Å². The summed E-state index contributed by atoms with van der Waals surface area (Å²) in [5.74, 6) is -0.638. The van der Waals surface area contributed by atoms with Crippen molar-refractivity contribution in [1.82, 2.24) is 5.32 Å². The molecule has 0 saturated carbocycles. The van der Waals surface area contributed by atoms with Gasteiger partial charge in [-0.25, -0.2) is 0 Å². The summed E-state index contributed by atoms with van der Waals surface area (Å²) < 4.78 is 5.12. The maximum absolute atomic E-state index is 12.7. The van der Waals surface area contributed by atoms with Gasteiger partial charge in [-0.2, -0.15) is 0 Å². The van der Waals surface area contributed by atoms with Crippen molar-refractivity contribution in [3.8, 4) is 5.75 Å². The van der Waals surface area contributed by atoms with Gasteiger partial charge in [-0.15, -0.1) is 0 Å². The molecule has 8 nitrogen and oxygen atoms in total. The van der Waals surface area contributed by atoms with Crippen LogP contribution < -0.4 is 15.4 Å². The van der Waals surface area contributed by atoms with E-state index in [1.807, 2.05) is 0 Å². The molecule has 0 aliphatic rings. The van der Waals surface area contributed by atoms with E-state index in [2.05, 4.69) is 10.6 Å². The summed E-state index contributed by atoms with van der Waals surface area (Å²) in [4.78, 5) is 35.4. The van der Waals surface area contributed by atoms with Crippen molar-refractivity contribution in [2.75, 3.05) is 12.4 Å². The monoisotopic (exact) mass is 405 g/mol. The minimum atomic E-state index is -0.843. The van der Waals surface area contributed by atoms with Crippen molar-refractivity contribution in [3.63, 3.8) is 0 Å². The van der Waals surface area contributed by atoms with Crippen LogP contribution in [-0.4, -0.2) is 29.9 Å². The molecule has 0 saturated heterocycles. The van der Waals surface area contributed by atoms with Gasteiger partial charge in [-0.1, -0.05) is 31.5 Å². The molecule has 0 aliphatic heterocycles. The van der Waals surface area contributed by atoms with Gasteiger partial charge in [0.05, 0.1) is 22.6 Å². The lowest BCUT2D eigenvalue weighted by molar-refractivity contribution is -0.384. The van der Waals surface area contributed by atoms with Crippen molar-refractivity contribution in [2.45, 2.75) is 19.9 Å². The lowest BCUT2D eigenvalue weighted by Gasteiger charge is -2.22. The molecule has 0 spiro atoms. The van der Waals surface area contributed by atoms with Crippen LogP contribution in [0.4, 0.5) is 11.4 Å². The molecule has 0 heterocycles. The minimum Gasteiger partial charge on any atom is -0.497 e. The number of non-ortho nitro benzene ring substituents is 1. The summed E-state index contributed by atoms with van der Waals surface area (Å²) in [6, 6.07) is 9.52. The fourth-order valence-corrected chi connectivity index (χ4v) is 2.74. The first-order chi connectivity index (χ1) is 13.2. The predicted octanol–water partition coefficient (Wildman–Crippen LogP) is 3.65. The SMILES string of the molecule is COc1cccc(NC(=O)C(NC(=O)c2ccc([N+](=O)[O-])cc2Cl)C(C)C)c1. The third kappa shape index (κ3) is 5.20. The molecular formula is C19H20ClN3O5. The first kappa shape index (κ1) is 21.2. The highest BCUT2D eigenvalue weighted by molar-refractivity contribution is 6.34. The van der Waals surface area contributed by atoms with Crippen LogP contribution in [0.15, 0.2) is 42.5 Å². The Kier molecular flexibility index (Phi) is 6.94. The van der Waals surface area contributed by atoms with Gasteiger partial charge in [0.2, 0.25) is 5.91 Å². The van der Waals surface area contributed by atoms with Gasteiger partial charge >= 0.3 is 0 Å². The maximum atomic E-state index is 12.7. The minimum absolute atomic E-state index is 0.0482. The van der Waals surface area contributed by atoms with Gasteiger partial charge in [0, 0.05) is 23.9 Å². The molecule has 148 valence electrons. The highest BCUT2D eigenvalue weighted by Crippen LogP contribution is 2.23. The second-order valence-corrected chi connectivity index (χ2v) is 6.74. The second kappa shape index (κ2) is 9.18. The predicted molar refractivity (Wildman–Crippen MR) is 106 cm³/mol. The average molecular weight is 406 g/mol. The van der Waals surface area contributed by atoms with Crippen LogP contribution in [0, 0.1) is 16.0 Å². The Morgan fingerprint density at radius 2 is 1.89 bits per heavy atom. The summed E-state index contributed by atoms with van der Waals surface area (Å²) >= 11 is 5.99. The topological polar surface area (TPSA) is 111 Å². The highest BCUT2D eigenvalue weighted by Gasteiger charge is 2.26. The van der Waals surface area contributed by atoms with Gasteiger partial charge < -0.3 is 15.4 Å². The molecule has 0 fully saturated rings. The van der Waals surface area contributed by atoms with E-state index in [-0.39, 0.29) is 22.2 Å². The van der Waals surface area contributed by atoms with E-state index in [1.54, 1.807) is 38.1 Å². The Morgan fingerprint density at radius 1 is 1.18 bits per heavy atom. The third-order valence-corrected chi connectivity index (χ3v) is 4.29. The number of hydrogen-bond acceptors (Lipinski definition) is 5. The largest absolute Gasteiger partial charge is 0.497 e. The molecular weight excluding hydrogens is 386 g/mol. The molecule has 0 bridgehead atoms. The number of carbonyl (C=O) groups excluding carboxylic acids is 2. The summed E-state index contributed by atoms with van der Waals surface area (Å²) in [6.07, 6.45) is 0. The number of ether oxygens (including phenoxy) is 1. The van der Waals surface area contributed by atoms with E-state index in [0.29, 0.717) is 11.4 Å². The molecule has 2 aromatic carbocycles. The van der Waals surface area contributed by atoms with Crippen LogP contribution in [0.3, 0.4) is 0 Å². The number of nitrogens with zero attached hydrogens (tertiary/aromatic N) is 1. The number of nitro benzene ring substituents is 1. The van der Waals surface area contributed by atoms with Crippen LogP contribution in [0.5, 0.6) is 5.75 Å². The van der Waals surface area contributed by atoms with Crippen molar-refractivity contribution >= 4 is 34.8 Å². The Hall–Kier alpha value is -3.13. The van der Waals surface area contributed by atoms with Crippen molar-refractivity contribution < 1.29 is 19.2 Å². The molecule has 2 N–H and O–H groups in total. The zero-order valence-corrected chi connectivity index (χ0v) is 16.3. The lowest BCUT2D eigenvalue weighted by Crippen LogP contribution is -2.47. The number of hydrogen-bond donors (Lipinski definition) is 2. The number of methoxy groups -OCH3 is 1. The molecule has 1 atom stereocenters. The molecule has 9 heteroatoms. The Bertz CT molecular complexity index is 901. The van der Waals surface area contributed by atoms with Gasteiger partial charge in [-0.3, -0.25) is 19.7 Å². The van der Waals surface area contributed by atoms with E-state index in [1.165, 1.54) is 19.2 Å². The van der Waals surface area contributed by atoms with E-state index in [9.17, 15) is 19.7 Å². The van der Waals surface area contributed by atoms with Crippen LogP contribution in [-0.2, 0) is 4.79 Å². The molecule has 0 aliphatic carbocycles. The maximum Gasteiger partial charge on any atom is 0.270 e. The number of amides is 2. The summed E-state index contributed by atoms with van der Waals surface area (Å²) in [6.45, 7) is 3.57. The van der Waals surface area contributed by atoms with E-state index < -0.39 is 22.8 Å². The molecule has 2 rings (SSSR count). The van der Waals surface area contributed by atoms with Gasteiger partial charge in [0.15, 0.2) is 0 Å². The molecule has 1 unspecified atom stereocenters. The van der Waals surface area contributed by atoms with Crippen LogP contribution in [0.25, 0.3) is 0 Å². The smallest absolute Gasteiger partial charge is 0.270 e. The lowest BCUT2D eigenvalue weighted by atomic mass is 10.0. The molecule has 28 heavy (non-hydrogen) atoms. The van der Waals surface area contributed by atoms with Crippen LogP contribution in [0.1, 0.15) is 24.2 Å².